The molecule has 2 aliphatic rings. The Morgan fingerprint density at radius 1 is 0.935 bits per heavy atom. The molecule has 1 fully saturated rings. The Morgan fingerprint density at radius 3 is 2.42 bits per heavy atom. The van der Waals surface area contributed by atoms with Crippen molar-refractivity contribution in [3.8, 4) is 0 Å². The van der Waals surface area contributed by atoms with Gasteiger partial charge in [-0.25, -0.2) is 9.99 Å². The van der Waals surface area contributed by atoms with Crippen LogP contribution in [0.25, 0.3) is 0 Å². The summed E-state index contributed by atoms with van der Waals surface area (Å²) in [5.41, 5.74) is 2.32. The summed E-state index contributed by atoms with van der Waals surface area (Å²) < 4.78 is 0. The molecule has 31 heavy (non-hydrogen) atoms. The van der Waals surface area contributed by atoms with Crippen molar-refractivity contribution in [2.45, 2.75) is 51.6 Å². The van der Waals surface area contributed by atoms with Crippen LogP contribution in [0.5, 0.6) is 0 Å². The van der Waals surface area contributed by atoms with Gasteiger partial charge in [-0.05, 0) is 30.0 Å². The summed E-state index contributed by atoms with van der Waals surface area (Å²) in [6.45, 7) is 2.87. The number of anilines is 1. The molecule has 7 nitrogen and oxygen atoms in total. The number of amides is 2. The number of aromatic nitrogens is 1. The van der Waals surface area contributed by atoms with E-state index in [0.29, 0.717) is 31.6 Å². The van der Waals surface area contributed by atoms with Gasteiger partial charge in [0.25, 0.3) is 5.91 Å². The zero-order chi connectivity index (χ0) is 21.5. The SMILES string of the molecule is O=C(NCc1ccc(N2CCCCCC2)nc1)C1=NN(Cc2ccccc2)C(=O)CC1. The molecule has 0 atom stereocenters. The highest BCUT2D eigenvalue weighted by atomic mass is 16.2. The molecule has 2 aromatic rings. The first-order valence-corrected chi connectivity index (χ1v) is 11.1. The molecule has 0 unspecified atom stereocenters. The Kier molecular flexibility index (Phi) is 6.92. The van der Waals surface area contributed by atoms with Gasteiger partial charge in [0, 0.05) is 38.7 Å². The monoisotopic (exact) mass is 419 g/mol. The Hall–Kier alpha value is -3.22. The first-order valence-electron chi connectivity index (χ1n) is 11.1. The second kappa shape index (κ2) is 10.2. The summed E-state index contributed by atoms with van der Waals surface area (Å²) in [5.74, 6) is 0.708. The molecule has 0 spiro atoms. The van der Waals surface area contributed by atoms with Gasteiger partial charge < -0.3 is 10.2 Å². The average molecular weight is 420 g/mol. The van der Waals surface area contributed by atoms with E-state index in [2.05, 4.69) is 20.3 Å². The Labute approximate surface area is 183 Å². The lowest BCUT2D eigenvalue weighted by atomic mass is 10.1. The molecule has 0 saturated carbocycles. The van der Waals surface area contributed by atoms with Crippen molar-refractivity contribution >= 4 is 23.3 Å². The molecule has 1 N–H and O–H groups in total. The molecule has 0 radical (unpaired) electrons. The molecular weight excluding hydrogens is 390 g/mol. The Bertz CT molecular complexity index is 919. The van der Waals surface area contributed by atoms with Crippen LogP contribution in [0.3, 0.4) is 0 Å². The van der Waals surface area contributed by atoms with Gasteiger partial charge in [-0.1, -0.05) is 49.2 Å². The lowest BCUT2D eigenvalue weighted by molar-refractivity contribution is -0.132. The van der Waals surface area contributed by atoms with E-state index in [1.54, 1.807) is 0 Å². The number of hydrogen-bond donors (Lipinski definition) is 1. The fourth-order valence-electron chi connectivity index (χ4n) is 3.94. The van der Waals surface area contributed by atoms with E-state index in [-0.39, 0.29) is 11.8 Å². The van der Waals surface area contributed by atoms with Gasteiger partial charge in [0.05, 0.1) is 6.54 Å². The number of hydrazone groups is 1. The minimum Gasteiger partial charge on any atom is -0.357 e. The van der Waals surface area contributed by atoms with Crippen molar-refractivity contribution in [3.05, 3.63) is 59.8 Å². The molecule has 1 saturated heterocycles. The number of carbonyl (C=O) groups is 2. The lowest BCUT2D eigenvalue weighted by Gasteiger charge is -2.23. The molecule has 0 aliphatic carbocycles. The number of carbonyl (C=O) groups excluding carboxylic acids is 2. The van der Waals surface area contributed by atoms with E-state index >= 15 is 0 Å². The summed E-state index contributed by atoms with van der Waals surface area (Å²) in [6, 6.07) is 13.7. The molecule has 2 amide bonds. The van der Waals surface area contributed by atoms with Gasteiger partial charge in [0.1, 0.15) is 11.5 Å². The molecule has 0 bridgehead atoms. The van der Waals surface area contributed by atoms with Crippen molar-refractivity contribution in [2.75, 3.05) is 18.0 Å². The van der Waals surface area contributed by atoms with Gasteiger partial charge in [-0.15, -0.1) is 0 Å². The summed E-state index contributed by atoms with van der Waals surface area (Å²) in [6.07, 6.45) is 7.50. The normalized spacial score (nSPS) is 17.2. The molecule has 1 aromatic carbocycles. The number of benzene rings is 1. The minimum absolute atomic E-state index is 0.0614. The maximum atomic E-state index is 12.6. The second-order valence-corrected chi connectivity index (χ2v) is 8.09. The van der Waals surface area contributed by atoms with Gasteiger partial charge in [-0.2, -0.15) is 5.10 Å². The van der Waals surface area contributed by atoms with Gasteiger partial charge in [-0.3, -0.25) is 9.59 Å². The molecular formula is C24H29N5O2. The second-order valence-electron chi connectivity index (χ2n) is 8.09. The van der Waals surface area contributed by atoms with Crippen LogP contribution in [0, 0.1) is 0 Å². The predicted octanol–water partition coefficient (Wildman–Crippen LogP) is 3.26. The van der Waals surface area contributed by atoms with Crippen molar-refractivity contribution in [2.24, 2.45) is 5.10 Å². The third-order valence-electron chi connectivity index (χ3n) is 5.73. The predicted molar refractivity (Wildman–Crippen MR) is 120 cm³/mol. The molecule has 1 aromatic heterocycles. The first-order chi connectivity index (χ1) is 15.2. The van der Waals surface area contributed by atoms with Gasteiger partial charge >= 0.3 is 0 Å². The highest BCUT2D eigenvalue weighted by Gasteiger charge is 2.24. The maximum absolute atomic E-state index is 12.6. The van der Waals surface area contributed by atoms with Gasteiger partial charge in [0.15, 0.2) is 0 Å². The van der Waals surface area contributed by atoms with Crippen molar-refractivity contribution < 1.29 is 9.59 Å². The van der Waals surface area contributed by atoms with E-state index < -0.39 is 0 Å². The van der Waals surface area contributed by atoms with Crippen molar-refractivity contribution in [1.82, 2.24) is 15.3 Å². The van der Waals surface area contributed by atoms with Crippen LogP contribution in [0.2, 0.25) is 0 Å². The highest BCUT2D eigenvalue weighted by molar-refractivity contribution is 6.39. The van der Waals surface area contributed by atoms with E-state index in [9.17, 15) is 9.59 Å². The van der Waals surface area contributed by atoms with Crippen molar-refractivity contribution in [1.29, 1.82) is 0 Å². The third kappa shape index (κ3) is 5.69. The Morgan fingerprint density at radius 2 is 1.71 bits per heavy atom. The summed E-state index contributed by atoms with van der Waals surface area (Å²) in [5, 5.41) is 8.63. The fourth-order valence-corrected chi connectivity index (χ4v) is 3.94. The first kappa shape index (κ1) is 21.0. The Balaban J connectivity index is 1.33. The van der Waals surface area contributed by atoms with Crippen molar-refractivity contribution in [3.63, 3.8) is 0 Å². The zero-order valence-corrected chi connectivity index (χ0v) is 17.8. The standard InChI is InChI=1S/C24H29N5O2/c30-23-13-11-21(27-29(23)18-19-8-4-3-5-9-19)24(31)26-17-20-10-12-22(25-16-20)28-14-6-1-2-7-15-28/h3-5,8-10,12,16H,1-2,6-7,11,13-15,17-18H2,(H,26,31). The quantitative estimate of drug-likeness (QED) is 0.780. The number of hydrogen-bond acceptors (Lipinski definition) is 5. The summed E-state index contributed by atoms with van der Waals surface area (Å²) >= 11 is 0. The van der Waals surface area contributed by atoms with Crippen LogP contribution in [-0.4, -0.2) is 40.6 Å². The summed E-state index contributed by atoms with van der Waals surface area (Å²) in [4.78, 5) is 31.8. The number of rotatable bonds is 6. The van der Waals surface area contributed by atoms with E-state index in [0.717, 1.165) is 30.0 Å². The molecule has 7 heteroatoms. The van der Waals surface area contributed by atoms with E-state index in [1.807, 2.05) is 48.7 Å². The fraction of sp³-hybridized carbons (Fsp3) is 0.417. The molecule has 2 aliphatic heterocycles. The van der Waals surface area contributed by atoms with Gasteiger partial charge in [0.2, 0.25) is 5.91 Å². The van der Waals surface area contributed by atoms with Crippen LogP contribution in [0.1, 0.15) is 49.7 Å². The number of pyridine rings is 1. The van der Waals surface area contributed by atoms with Crippen LogP contribution in [-0.2, 0) is 22.7 Å². The highest BCUT2D eigenvalue weighted by Crippen LogP contribution is 2.18. The zero-order valence-electron chi connectivity index (χ0n) is 17.8. The smallest absolute Gasteiger partial charge is 0.267 e. The largest absolute Gasteiger partial charge is 0.357 e. The van der Waals surface area contributed by atoms with Crippen LogP contribution < -0.4 is 10.2 Å². The average Bonchev–Trinajstić information content (AvgIpc) is 3.10. The van der Waals surface area contributed by atoms with E-state index in [1.165, 1.54) is 30.7 Å². The van der Waals surface area contributed by atoms with Crippen LogP contribution in [0.15, 0.2) is 53.8 Å². The maximum Gasteiger partial charge on any atom is 0.267 e. The summed E-state index contributed by atoms with van der Waals surface area (Å²) in [7, 11) is 0. The lowest BCUT2D eigenvalue weighted by Crippen LogP contribution is -2.38. The minimum atomic E-state index is -0.234. The topological polar surface area (TPSA) is 77.9 Å². The third-order valence-corrected chi connectivity index (χ3v) is 5.73. The van der Waals surface area contributed by atoms with E-state index in [4.69, 9.17) is 0 Å². The number of nitrogens with zero attached hydrogens (tertiary/aromatic N) is 4. The van der Waals surface area contributed by atoms with Crippen LogP contribution in [0.4, 0.5) is 5.82 Å². The number of nitrogens with one attached hydrogen (secondary N) is 1. The molecule has 3 heterocycles. The molecule has 162 valence electrons. The molecule has 4 rings (SSSR count). The van der Waals surface area contributed by atoms with Crippen LogP contribution >= 0.6 is 0 Å².